The lowest BCUT2D eigenvalue weighted by Gasteiger charge is -2.32. The summed E-state index contributed by atoms with van der Waals surface area (Å²) in [4.78, 5) is 24.1. The summed E-state index contributed by atoms with van der Waals surface area (Å²) < 4.78 is 6.00. The molecule has 0 atom stereocenters. The fourth-order valence-electron chi connectivity index (χ4n) is 3.34. The SMILES string of the molecule is CCCCCC(CC)(CC)OC(=O)c1cccc2cc(C(=O)O)ccc12. The van der Waals surface area contributed by atoms with Crippen LogP contribution in [0.3, 0.4) is 0 Å². The van der Waals surface area contributed by atoms with E-state index in [1.54, 1.807) is 24.3 Å². The van der Waals surface area contributed by atoms with Gasteiger partial charge in [-0.15, -0.1) is 0 Å². The number of esters is 1. The number of fused-ring (bicyclic) bond motifs is 1. The molecule has 2 aromatic rings. The first-order valence-electron chi connectivity index (χ1n) is 9.45. The maximum atomic E-state index is 12.9. The topological polar surface area (TPSA) is 63.6 Å². The normalized spacial score (nSPS) is 11.5. The molecule has 0 aliphatic heterocycles. The minimum absolute atomic E-state index is 0.207. The third-order valence-corrected chi connectivity index (χ3v) is 5.18. The molecule has 26 heavy (non-hydrogen) atoms. The lowest BCUT2D eigenvalue weighted by molar-refractivity contribution is -0.0283. The van der Waals surface area contributed by atoms with E-state index in [4.69, 9.17) is 9.84 Å². The lowest BCUT2D eigenvalue weighted by atomic mass is 9.90. The summed E-state index contributed by atoms with van der Waals surface area (Å²) in [5.41, 5.74) is 0.260. The summed E-state index contributed by atoms with van der Waals surface area (Å²) in [6.07, 6.45) is 5.74. The number of unbranched alkanes of at least 4 members (excludes halogenated alkanes) is 2. The Labute approximate surface area is 155 Å². The molecule has 140 valence electrons. The van der Waals surface area contributed by atoms with Gasteiger partial charge in [0.2, 0.25) is 0 Å². The van der Waals surface area contributed by atoms with Crippen molar-refractivity contribution in [2.24, 2.45) is 0 Å². The Morgan fingerprint density at radius 2 is 1.77 bits per heavy atom. The minimum Gasteiger partial charge on any atom is -0.478 e. The van der Waals surface area contributed by atoms with Gasteiger partial charge in [0.15, 0.2) is 0 Å². The number of rotatable bonds is 9. The number of carbonyl (C=O) groups excluding carboxylic acids is 1. The summed E-state index contributed by atoms with van der Waals surface area (Å²) in [7, 11) is 0. The third kappa shape index (κ3) is 4.43. The summed E-state index contributed by atoms with van der Waals surface area (Å²) >= 11 is 0. The Morgan fingerprint density at radius 3 is 2.38 bits per heavy atom. The molecule has 4 heteroatoms. The van der Waals surface area contributed by atoms with E-state index in [2.05, 4.69) is 20.8 Å². The second kappa shape index (κ2) is 8.84. The zero-order chi connectivity index (χ0) is 19.2. The highest BCUT2D eigenvalue weighted by atomic mass is 16.6. The highest BCUT2D eigenvalue weighted by Gasteiger charge is 2.31. The summed E-state index contributed by atoms with van der Waals surface area (Å²) in [5.74, 6) is -1.31. The van der Waals surface area contributed by atoms with Crippen LogP contribution >= 0.6 is 0 Å². The molecule has 0 amide bonds. The van der Waals surface area contributed by atoms with Crippen LogP contribution in [-0.2, 0) is 4.74 Å². The third-order valence-electron chi connectivity index (χ3n) is 5.18. The molecule has 4 nitrogen and oxygen atoms in total. The average molecular weight is 356 g/mol. The van der Waals surface area contributed by atoms with Crippen LogP contribution in [0.25, 0.3) is 10.8 Å². The van der Waals surface area contributed by atoms with Gasteiger partial charge in [-0.05, 0) is 54.7 Å². The zero-order valence-electron chi connectivity index (χ0n) is 15.9. The van der Waals surface area contributed by atoms with E-state index in [9.17, 15) is 9.59 Å². The van der Waals surface area contributed by atoms with E-state index in [-0.39, 0.29) is 11.5 Å². The first-order chi connectivity index (χ1) is 12.5. The van der Waals surface area contributed by atoms with Crippen molar-refractivity contribution in [2.75, 3.05) is 0 Å². The van der Waals surface area contributed by atoms with Crippen molar-refractivity contribution in [3.05, 3.63) is 47.5 Å². The summed E-state index contributed by atoms with van der Waals surface area (Å²) in [5, 5.41) is 10.6. The van der Waals surface area contributed by atoms with Crippen molar-refractivity contribution in [1.82, 2.24) is 0 Å². The van der Waals surface area contributed by atoms with Gasteiger partial charge in [-0.2, -0.15) is 0 Å². The highest BCUT2D eigenvalue weighted by Crippen LogP contribution is 2.30. The van der Waals surface area contributed by atoms with Gasteiger partial charge in [-0.25, -0.2) is 9.59 Å². The van der Waals surface area contributed by atoms with Crippen molar-refractivity contribution in [3.63, 3.8) is 0 Å². The lowest BCUT2D eigenvalue weighted by Crippen LogP contribution is -2.34. The predicted molar refractivity (Wildman–Crippen MR) is 104 cm³/mol. The molecule has 0 heterocycles. The molecule has 0 spiro atoms. The van der Waals surface area contributed by atoms with Crippen LogP contribution in [0.4, 0.5) is 0 Å². The van der Waals surface area contributed by atoms with E-state index >= 15 is 0 Å². The molecule has 2 rings (SSSR count). The van der Waals surface area contributed by atoms with Gasteiger partial charge in [-0.3, -0.25) is 0 Å². The molecule has 0 aromatic heterocycles. The first-order valence-corrected chi connectivity index (χ1v) is 9.45. The monoisotopic (exact) mass is 356 g/mol. The van der Waals surface area contributed by atoms with Gasteiger partial charge in [0.1, 0.15) is 5.60 Å². The zero-order valence-corrected chi connectivity index (χ0v) is 15.9. The Bertz CT molecular complexity index is 775. The molecular weight excluding hydrogens is 328 g/mol. The molecule has 0 unspecified atom stereocenters. The van der Waals surface area contributed by atoms with Crippen molar-refractivity contribution in [3.8, 4) is 0 Å². The molecule has 0 aliphatic carbocycles. The smallest absolute Gasteiger partial charge is 0.339 e. The Balaban J connectivity index is 2.31. The van der Waals surface area contributed by atoms with Crippen molar-refractivity contribution < 1.29 is 19.4 Å². The van der Waals surface area contributed by atoms with Crippen LogP contribution in [-0.4, -0.2) is 22.6 Å². The summed E-state index contributed by atoms with van der Waals surface area (Å²) in [6, 6.07) is 10.1. The fraction of sp³-hybridized carbons (Fsp3) is 0.455. The van der Waals surface area contributed by atoms with Gasteiger partial charge < -0.3 is 9.84 Å². The Kier molecular flexibility index (Phi) is 6.78. The standard InChI is InChI=1S/C22H28O4/c1-4-7-8-14-22(5-2,6-3)26-21(25)19-11-9-10-16-15-17(20(23)24)12-13-18(16)19/h9-13,15H,4-8,14H2,1-3H3,(H,23,24). The minimum atomic E-state index is -0.980. The van der Waals surface area contributed by atoms with E-state index in [1.807, 2.05) is 6.07 Å². The molecule has 0 bridgehead atoms. The van der Waals surface area contributed by atoms with Crippen LogP contribution < -0.4 is 0 Å². The molecular formula is C22H28O4. The highest BCUT2D eigenvalue weighted by molar-refractivity contribution is 6.06. The molecule has 0 radical (unpaired) electrons. The van der Waals surface area contributed by atoms with Gasteiger partial charge in [-0.1, -0.05) is 51.8 Å². The van der Waals surface area contributed by atoms with E-state index in [0.29, 0.717) is 5.56 Å². The van der Waals surface area contributed by atoms with E-state index < -0.39 is 11.6 Å². The van der Waals surface area contributed by atoms with Gasteiger partial charge in [0.05, 0.1) is 11.1 Å². The molecule has 0 saturated carbocycles. The van der Waals surface area contributed by atoms with Crippen LogP contribution in [0.1, 0.15) is 80.0 Å². The largest absolute Gasteiger partial charge is 0.478 e. The van der Waals surface area contributed by atoms with Gasteiger partial charge in [0, 0.05) is 0 Å². The fourth-order valence-corrected chi connectivity index (χ4v) is 3.34. The van der Waals surface area contributed by atoms with Crippen LogP contribution in [0.15, 0.2) is 36.4 Å². The molecule has 0 saturated heterocycles. The van der Waals surface area contributed by atoms with Gasteiger partial charge in [0.25, 0.3) is 0 Å². The summed E-state index contributed by atoms with van der Waals surface area (Å²) in [6.45, 7) is 6.28. The van der Waals surface area contributed by atoms with Crippen LogP contribution in [0.5, 0.6) is 0 Å². The molecule has 1 N–H and O–H groups in total. The van der Waals surface area contributed by atoms with E-state index in [0.717, 1.165) is 49.3 Å². The van der Waals surface area contributed by atoms with E-state index in [1.165, 1.54) is 6.07 Å². The van der Waals surface area contributed by atoms with Gasteiger partial charge >= 0.3 is 11.9 Å². The maximum absolute atomic E-state index is 12.9. The number of hydrogen-bond donors (Lipinski definition) is 1. The number of aromatic carboxylic acids is 1. The van der Waals surface area contributed by atoms with Crippen LogP contribution in [0, 0.1) is 0 Å². The molecule has 2 aromatic carbocycles. The Morgan fingerprint density at radius 1 is 1.04 bits per heavy atom. The van der Waals surface area contributed by atoms with Crippen molar-refractivity contribution in [2.45, 2.75) is 64.9 Å². The van der Waals surface area contributed by atoms with Crippen molar-refractivity contribution in [1.29, 1.82) is 0 Å². The Hall–Kier alpha value is -2.36. The molecule has 0 aliphatic rings. The second-order valence-corrected chi connectivity index (χ2v) is 6.78. The maximum Gasteiger partial charge on any atom is 0.339 e. The number of carboxylic acid groups (broad SMARTS) is 1. The number of benzene rings is 2. The molecule has 0 fully saturated rings. The predicted octanol–water partition coefficient (Wildman–Crippen LogP) is 5.83. The number of hydrogen-bond acceptors (Lipinski definition) is 3. The van der Waals surface area contributed by atoms with Crippen LogP contribution in [0.2, 0.25) is 0 Å². The number of ether oxygens (including phenoxy) is 1. The second-order valence-electron chi connectivity index (χ2n) is 6.78. The first kappa shape index (κ1) is 20.0. The number of carboxylic acids is 1. The van der Waals surface area contributed by atoms with Crippen molar-refractivity contribution >= 4 is 22.7 Å². The quantitative estimate of drug-likeness (QED) is 0.453. The number of carbonyl (C=O) groups is 2. The average Bonchev–Trinajstić information content (AvgIpc) is 2.66.